The third-order valence-electron chi connectivity index (χ3n) is 6.41. The van der Waals surface area contributed by atoms with Gasteiger partial charge in [-0.05, 0) is 50.5 Å². The molecule has 0 aliphatic carbocycles. The highest BCUT2D eigenvalue weighted by Crippen LogP contribution is 2.30. The Bertz CT molecular complexity index is 1630. The van der Waals surface area contributed by atoms with Crippen molar-refractivity contribution in [2.45, 2.75) is 32.7 Å². The van der Waals surface area contributed by atoms with E-state index < -0.39 is 22.0 Å². The Hall–Kier alpha value is -3.69. The number of benzene rings is 1. The molecule has 0 spiro atoms. The van der Waals surface area contributed by atoms with E-state index in [0.717, 1.165) is 24.7 Å². The lowest BCUT2D eigenvalue weighted by atomic mass is 9.99. The Labute approximate surface area is 225 Å². The number of hydrogen-bond donors (Lipinski definition) is 2. The van der Waals surface area contributed by atoms with Gasteiger partial charge >= 0.3 is 0 Å². The van der Waals surface area contributed by atoms with Crippen molar-refractivity contribution in [3.8, 4) is 6.07 Å². The molecule has 1 aromatic carbocycles. The van der Waals surface area contributed by atoms with Crippen LogP contribution in [0.1, 0.15) is 47.4 Å². The smallest absolute Gasteiger partial charge is 0.285 e. The number of hydrogen-bond acceptors (Lipinski definition) is 9. The van der Waals surface area contributed by atoms with E-state index in [-0.39, 0.29) is 28.0 Å². The van der Waals surface area contributed by atoms with Gasteiger partial charge in [-0.2, -0.15) is 5.26 Å². The molecule has 1 amide bonds. The number of amides is 1. The summed E-state index contributed by atoms with van der Waals surface area (Å²) in [6.07, 6.45) is 2.51. The summed E-state index contributed by atoms with van der Waals surface area (Å²) in [5.74, 6) is -0.574. The average Bonchev–Trinajstić information content (AvgIpc) is 2.86. The third-order valence-corrected chi connectivity index (χ3v) is 7.18. The topological polar surface area (TPSA) is 150 Å². The van der Waals surface area contributed by atoms with Gasteiger partial charge in [0, 0.05) is 25.7 Å². The molecule has 0 bridgehead atoms. The number of nitriles is 1. The summed E-state index contributed by atoms with van der Waals surface area (Å²) in [4.78, 5) is 36.9. The molecule has 0 saturated carbocycles. The zero-order chi connectivity index (χ0) is 27.8. The second kappa shape index (κ2) is 10.6. The van der Waals surface area contributed by atoms with Crippen LogP contribution in [-0.2, 0) is 17.1 Å². The molecule has 1 saturated heterocycles. The van der Waals surface area contributed by atoms with Crippen LogP contribution in [0.15, 0.2) is 29.1 Å². The number of sulfonamides is 1. The predicted octanol–water partition coefficient (Wildman–Crippen LogP) is 2.89. The number of aromatic nitrogens is 3. The molecule has 200 valence electrons. The summed E-state index contributed by atoms with van der Waals surface area (Å²) in [7, 11) is -2.15. The highest BCUT2D eigenvalue weighted by Gasteiger charge is 2.25. The predicted molar refractivity (Wildman–Crippen MR) is 146 cm³/mol. The monoisotopic (exact) mass is 557 g/mol. The van der Waals surface area contributed by atoms with E-state index in [1.54, 1.807) is 13.1 Å². The molecule has 1 fully saturated rings. The van der Waals surface area contributed by atoms with Gasteiger partial charge in [-0.25, -0.2) is 23.1 Å². The largest absolute Gasteiger partial charge is 0.377 e. The fourth-order valence-electron chi connectivity index (χ4n) is 4.67. The second-order valence-electron chi connectivity index (χ2n) is 9.54. The highest BCUT2D eigenvalue weighted by atomic mass is 35.5. The van der Waals surface area contributed by atoms with Gasteiger partial charge in [0.2, 0.25) is 16.0 Å². The van der Waals surface area contributed by atoms with Gasteiger partial charge in [0.05, 0.1) is 40.9 Å². The highest BCUT2D eigenvalue weighted by molar-refractivity contribution is 7.89. The Morgan fingerprint density at radius 1 is 1.29 bits per heavy atom. The Morgan fingerprint density at radius 3 is 2.71 bits per heavy atom. The van der Waals surface area contributed by atoms with E-state index in [9.17, 15) is 23.3 Å². The number of rotatable bonds is 6. The summed E-state index contributed by atoms with van der Waals surface area (Å²) in [5.41, 5.74) is 1.91. The molecule has 0 radical (unpaired) electrons. The molecule has 2 aromatic heterocycles. The maximum Gasteiger partial charge on any atom is 0.285 e. The first-order valence-corrected chi connectivity index (χ1v) is 14.3. The number of carbonyl (C=O) groups excluding carboxylic acids is 1. The van der Waals surface area contributed by atoms with Crippen molar-refractivity contribution in [3.63, 3.8) is 0 Å². The molecular formula is C25H28ClN7O4S. The number of nitrogens with zero attached hydrogens (tertiary/aromatic N) is 5. The van der Waals surface area contributed by atoms with Gasteiger partial charge in [0.15, 0.2) is 5.69 Å². The van der Waals surface area contributed by atoms with Crippen LogP contribution < -0.4 is 20.5 Å². The van der Waals surface area contributed by atoms with Crippen LogP contribution in [0.5, 0.6) is 0 Å². The molecule has 3 aromatic rings. The standard InChI is InChI=1S/C25H28ClN7O4S/c1-14-10-17(15(2)28-19-7-8-20(26)29-22(19)23(34)31-38(4,36)37)21-18(11-14)24(35)32(3)25(30-21)33-9-5-6-16(12-27)13-33/h7-8,10-11,15-16,28H,5-6,9,13H2,1-4H3,(H,31,34)/t15-,16-/m1/s1. The number of piperidine rings is 1. The molecule has 2 N–H and O–H groups in total. The molecule has 11 nitrogen and oxygen atoms in total. The van der Waals surface area contributed by atoms with Gasteiger partial charge < -0.3 is 10.2 Å². The molecule has 3 heterocycles. The maximum atomic E-state index is 13.4. The van der Waals surface area contributed by atoms with E-state index in [1.165, 1.54) is 16.7 Å². The van der Waals surface area contributed by atoms with E-state index in [2.05, 4.69) is 16.4 Å². The van der Waals surface area contributed by atoms with Crippen LogP contribution in [-0.4, -0.2) is 48.2 Å². The zero-order valence-electron chi connectivity index (χ0n) is 21.4. The zero-order valence-corrected chi connectivity index (χ0v) is 23.0. The molecule has 2 atom stereocenters. The summed E-state index contributed by atoms with van der Waals surface area (Å²) in [5, 5.41) is 13.1. The molecular weight excluding hydrogens is 530 g/mol. The first-order chi connectivity index (χ1) is 17.9. The van der Waals surface area contributed by atoms with Crippen LogP contribution in [0.25, 0.3) is 10.9 Å². The number of anilines is 2. The van der Waals surface area contributed by atoms with E-state index in [4.69, 9.17) is 16.6 Å². The van der Waals surface area contributed by atoms with E-state index in [0.29, 0.717) is 35.5 Å². The van der Waals surface area contributed by atoms with Crippen molar-refractivity contribution >= 4 is 50.1 Å². The van der Waals surface area contributed by atoms with E-state index in [1.807, 2.05) is 29.5 Å². The van der Waals surface area contributed by atoms with Crippen molar-refractivity contribution in [2.75, 3.05) is 29.6 Å². The lowest BCUT2D eigenvalue weighted by Crippen LogP contribution is -2.39. The van der Waals surface area contributed by atoms with Crippen molar-refractivity contribution < 1.29 is 13.2 Å². The maximum absolute atomic E-state index is 13.4. The SMILES string of the molecule is Cc1cc([C@@H](C)Nc2ccc(Cl)nc2C(=O)NS(C)(=O)=O)c2nc(N3CCC[C@H](C#N)C3)n(C)c(=O)c2c1. The third kappa shape index (κ3) is 5.74. The summed E-state index contributed by atoms with van der Waals surface area (Å²) >= 11 is 5.99. The Kier molecular flexibility index (Phi) is 7.62. The Morgan fingerprint density at radius 2 is 2.03 bits per heavy atom. The van der Waals surface area contributed by atoms with Gasteiger partial charge in [0.25, 0.3) is 11.5 Å². The quantitative estimate of drug-likeness (QED) is 0.436. The molecule has 0 unspecified atom stereocenters. The number of nitrogens with one attached hydrogen (secondary N) is 2. The Balaban J connectivity index is 1.79. The minimum Gasteiger partial charge on any atom is -0.377 e. The van der Waals surface area contributed by atoms with Crippen molar-refractivity contribution in [3.05, 3.63) is 56.6 Å². The minimum atomic E-state index is -3.83. The lowest BCUT2D eigenvalue weighted by Gasteiger charge is -2.31. The van der Waals surface area contributed by atoms with Crippen LogP contribution in [0.2, 0.25) is 5.15 Å². The van der Waals surface area contributed by atoms with Gasteiger partial charge in [-0.3, -0.25) is 14.2 Å². The minimum absolute atomic E-state index is 0.0230. The van der Waals surface area contributed by atoms with Crippen molar-refractivity contribution in [2.24, 2.45) is 13.0 Å². The summed E-state index contributed by atoms with van der Waals surface area (Å²) in [6.45, 7) is 4.90. The normalized spacial score (nSPS) is 16.6. The number of halogens is 1. The lowest BCUT2D eigenvalue weighted by molar-refractivity contribution is 0.0977. The molecule has 13 heteroatoms. The van der Waals surface area contributed by atoms with Crippen LogP contribution in [0, 0.1) is 24.2 Å². The van der Waals surface area contributed by atoms with Crippen LogP contribution in [0.3, 0.4) is 0 Å². The number of carbonyl (C=O) groups is 1. The first-order valence-electron chi connectivity index (χ1n) is 12.0. The van der Waals surface area contributed by atoms with Crippen LogP contribution >= 0.6 is 11.6 Å². The number of fused-ring (bicyclic) bond motifs is 1. The first kappa shape index (κ1) is 27.3. The second-order valence-corrected chi connectivity index (χ2v) is 11.7. The van der Waals surface area contributed by atoms with E-state index >= 15 is 0 Å². The van der Waals surface area contributed by atoms with Crippen molar-refractivity contribution in [1.82, 2.24) is 19.3 Å². The van der Waals surface area contributed by atoms with Crippen LogP contribution in [0.4, 0.5) is 11.6 Å². The molecule has 1 aliphatic rings. The number of pyridine rings is 1. The summed E-state index contributed by atoms with van der Waals surface area (Å²) in [6, 6.07) is 8.56. The summed E-state index contributed by atoms with van der Waals surface area (Å²) < 4.78 is 26.7. The van der Waals surface area contributed by atoms with Gasteiger partial charge in [-0.15, -0.1) is 0 Å². The number of aryl methyl sites for hydroxylation is 1. The molecule has 38 heavy (non-hydrogen) atoms. The average molecular weight is 558 g/mol. The van der Waals surface area contributed by atoms with Crippen molar-refractivity contribution in [1.29, 1.82) is 5.26 Å². The fraction of sp³-hybridized carbons (Fsp3) is 0.400. The van der Waals surface area contributed by atoms with Gasteiger partial charge in [0.1, 0.15) is 5.15 Å². The van der Waals surface area contributed by atoms with Gasteiger partial charge in [-0.1, -0.05) is 17.7 Å². The molecule has 1 aliphatic heterocycles. The molecule has 4 rings (SSSR count). The fourth-order valence-corrected chi connectivity index (χ4v) is 5.25.